The summed E-state index contributed by atoms with van der Waals surface area (Å²) in [5, 5.41) is 3.52. The smallest absolute Gasteiger partial charge is 0.242 e. The molecule has 146 valence electrons. The van der Waals surface area contributed by atoms with Gasteiger partial charge in [0, 0.05) is 18.6 Å². The Labute approximate surface area is 161 Å². The predicted molar refractivity (Wildman–Crippen MR) is 105 cm³/mol. The summed E-state index contributed by atoms with van der Waals surface area (Å²) in [6.45, 7) is 2.88. The minimum absolute atomic E-state index is 0.00362. The Balaban J connectivity index is 1.80. The molecular formula is C18H29ClN4O2S. The summed E-state index contributed by atoms with van der Waals surface area (Å²) in [7, 11) is -3.67. The summed E-state index contributed by atoms with van der Waals surface area (Å²) in [6.07, 6.45) is 4.06. The molecule has 6 nitrogen and oxygen atoms in total. The van der Waals surface area contributed by atoms with Crippen molar-refractivity contribution in [1.82, 2.24) is 10.0 Å². The second kappa shape index (κ2) is 8.12. The second-order valence-electron chi connectivity index (χ2n) is 7.76. The molecule has 0 amide bonds. The highest BCUT2D eigenvalue weighted by molar-refractivity contribution is 7.89. The Bertz CT molecular complexity index is 735. The SMILES string of the molecule is C[C@H]1C[C@@H](N)NCC1c1ccc(Cl)c(S(=O)(=O)NC2CCC(N)CC2)c1. The lowest BCUT2D eigenvalue weighted by molar-refractivity contribution is 0.286. The first-order chi connectivity index (χ1) is 12.3. The van der Waals surface area contributed by atoms with Crippen LogP contribution >= 0.6 is 11.6 Å². The molecule has 3 rings (SSSR count). The maximum Gasteiger partial charge on any atom is 0.242 e. The molecule has 26 heavy (non-hydrogen) atoms. The Morgan fingerprint density at radius 2 is 1.88 bits per heavy atom. The third-order valence-electron chi connectivity index (χ3n) is 5.68. The van der Waals surface area contributed by atoms with E-state index in [9.17, 15) is 8.42 Å². The second-order valence-corrected chi connectivity index (χ2v) is 9.85. The van der Waals surface area contributed by atoms with Crippen molar-refractivity contribution in [3.63, 3.8) is 0 Å². The van der Waals surface area contributed by atoms with Crippen LogP contribution in [0.5, 0.6) is 0 Å². The number of rotatable bonds is 4. The van der Waals surface area contributed by atoms with E-state index in [1.165, 1.54) is 0 Å². The highest BCUT2D eigenvalue weighted by atomic mass is 35.5. The molecule has 1 unspecified atom stereocenters. The van der Waals surface area contributed by atoms with Crippen LogP contribution in [0.15, 0.2) is 23.1 Å². The van der Waals surface area contributed by atoms with Gasteiger partial charge < -0.3 is 16.8 Å². The Hall–Kier alpha value is -0.700. The zero-order valence-corrected chi connectivity index (χ0v) is 16.7. The van der Waals surface area contributed by atoms with Gasteiger partial charge in [0.1, 0.15) is 4.90 Å². The van der Waals surface area contributed by atoms with Crippen molar-refractivity contribution in [2.75, 3.05) is 6.54 Å². The van der Waals surface area contributed by atoms with Gasteiger partial charge in [-0.1, -0.05) is 24.6 Å². The molecular weight excluding hydrogens is 372 g/mol. The summed E-state index contributed by atoms with van der Waals surface area (Å²) in [5.74, 6) is 0.587. The van der Waals surface area contributed by atoms with E-state index in [2.05, 4.69) is 17.0 Å². The Kier molecular flexibility index (Phi) is 6.26. The van der Waals surface area contributed by atoms with E-state index in [1.54, 1.807) is 12.1 Å². The molecule has 6 N–H and O–H groups in total. The van der Waals surface area contributed by atoms with Gasteiger partial charge in [0.25, 0.3) is 0 Å². The molecule has 3 atom stereocenters. The zero-order chi connectivity index (χ0) is 18.9. The fourth-order valence-electron chi connectivity index (χ4n) is 4.05. The first kappa shape index (κ1) is 20.0. The lowest BCUT2D eigenvalue weighted by Crippen LogP contribution is -2.47. The largest absolute Gasteiger partial charge is 0.328 e. The number of nitrogens with one attached hydrogen (secondary N) is 2. The predicted octanol–water partition coefficient (Wildman–Crippen LogP) is 1.89. The number of piperidine rings is 1. The summed E-state index contributed by atoms with van der Waals surface area (Å²) in [4.78, 5) is 0.161. The van der Waals surface area contributed by atoms with Crippen LogP contribution in [0.4, 0.5) is 0 Å². The maximum absolute atomic E-state index is 12.9. The number of hydrogen-bond acceptors (Lipinski definition) is 5. The monoisotopic (exact) mass is 400 g/mol. The molecule has 8 heteroatoms. The third kappa shape index (κ3) is 4.58. The zero-order valence-electron chi connectivity index (χ0n) is 15.1. The number of halogens is 1. The van der Waals surface area contributed by atoms with Crippen LogP contribution in [0.1, 0.15) is 50.5 Å². The van der Waals surface area contributed by atoms with Crippen molar-refractivity contribution >= 4 is 21.6 Å². The fourth-order valence-corrected chi connectivity index (χ4v) is 5.89. The van der Waals surface area contributed by atoms with Crippen molar-refractivity contribution in [3.8, 4) is 0 Å². The fraction of sp³-hybridized carbons (Fsp3) is 0.667. The van der Waals surface area contributed by atoms with Gasteiger partial charge >= 0.3 is 0 Å². The number of sulfonamides is 1. The maximum atomic E-state index is 12.9. The van der Waals surface area contributed by atoms with Crippen LogP contribution in [0.2, 0.25) is 5.02 Å². The molecule has 1 heterocycles. The van der Waals surface area contributed by atoms with Gasteiger partial charge in [0.2, 0.25) is 10.0 Å². The standard InChI is InChI=1S/C18H29ClN4O2S/c1-11-8-18(21)22-10-15(11)12-2-7-16(19)17(9-12)26(24,25)23-14-5-3-13(20)4-6-14/h2,7,9,11,13-15,18,22-23H,3-6,8,10,20-21H2,1H3/t11-,13?,14?,15?,18-/m0/s1. The molecule has 0 aromatic heterocycles. The van der Waals surface area contributed by atoms with Gasteiger partial charge in [0.05, 0.1) is 11.2 Å². The van der Waals surface area contributed by atoms with Crippen LogP contribution in [0.25, 0.3) is 0 Å². The molecule has 1 aliphatic carbocycles. The van der Waals surface area contributed by atoms with Gasteiger partial charge in [0.15, 0.2) is 0 Å². The average molecular weight is 401 g/mol. The number of nitrogens with two attached hydrogens (primary N) is 2. The average Bonchev–Trinajstić information content (AvgIpc) is 2.57. The van der Waals surface area contributed by atoms with Crippen LogP contribution in [0, 0.1) is 5.92 Å². The first-order valence-corrected chi connectivity index (χ1v) is 11.2. The molecule has 1 aromatic rings. The molecule has 0 bridgehead atoms. The molecule has 1 aliphatic heterocycles. The quantitative estimate of drug-likeness (QED) is 0.616. The van der Waals surface area contributed by atoms with Gasteiger partial charge in [-0.3, -0.25) is 0 Å². The van der Waals surface area contributed by atoms with Gasteiger partial charge in [-0.05, 0) is 61.6 Å². The van der Waals surface area contributed by atoms with Crippen molar-refractivity contribution in [2.45, 2.75) is 68.1 Å². The van der Waals surface area contributed by atoms with Gasteiger partial charge in [-0.2, -0.15) is 0 Å². The lowest BCUT2D eigenvalue weighted by atomic mass is 9.82. The summed E-state index contributed by atoms with van der Waals surface area (Å²) >= 11 is 6.25. The highest BCUT2D eigenvalue weighted by Gasteiger charge is 2.30. The molecule has 1 saturated carbocycles. The first-order valence-electron chi connectivity index (χ1n) is 9.32. The Morgan fingerprint density at radius 1 is 1.19 bits per heavy atom. The van der Waals surface area contributed by atoms with Crippen LogP contribution in [-0.2, 0) is 10.0 Å². The highest BCUT2D eigenvalue weighted by Crippen LogP contribution is 2.33. The lowest BCUT2D eigenvalue weighted by Gasteiger charge is -2.34. The van der Waals surface area contributed by atoms with E-state index in [1.807, 2.05) is 6.07 Å². The van der Waals surface area contributed by atoms with Gasteiger partial charge in [-0.15, -0.1) is 0 Å². The van der Waals surface area contributed by atoms with E-state index >= 15 is 0 Å². The van der Waals surface area contributed by atoms with Gasteiger partial charge in [-0.25, -0.2) is 13.1 Å². The van der Waals surface area contributed by atoms with Crippen molar-refractivity contribution in [1.29, 1.82) is 0 Å². The van der Waals surface area contributed by atoms with Crippen LogP contribution < -0.4 is 21.5 Å². The minimum atomic E-state index is -3.67. The third-order valence-corrected chi connectivity index (χ3v) is 7.68. The van der Waals surface area contributed by atoms with E-state index in [0.29, 0.717) is 5.92 Å². The van der Waals surface area contributed by atoms with Crippen molar-refractivity contribution in [2.24, 2.45) is 17.4 Å². The molecule has 0 radical (unpaired) electrons. The molecule has 2 aliphatic rings. The van der Waals surface area contributed by atoms with E-state index in [0.717, 1.165) is 44.2 Å². The van der Waals surface area contributed by atoms with E-state index in [4.69, 9.17) is 23.1 Å². The van der Waals surface area contributed by atoms with E-state index in [-0.39, 0.29) is 34.1 Å². The number of benzene rings is 1. The minimum Gasteiger partial charge on any atom is -0.328 e. The summed E-state index contributed by atoms with van der Waals surface area (Å²) in [5.41, 5.74) is 12.8. The summed E-state index contributed by atoms with van der Waals surface area (Å²) < 4.78 is 28.6. The Morgan fingerprint density at radius 3 is 2.54 bits per heavy atom. The number of hydrogen-bond donors (Lipinski definition) is 4. The topological polar surface area (TPSA) is 110 Å². The van der Waals surface area contributed by atoms with Crippen molar-refractivity contribution in [3.05, 3.63) is 28.8 Å². The molecule has 2 fully saturated rings. The molecule has 0 spiro atoms. The molecule has 1 aromatic carbocycles. The van der Waals surface area contributed by atoms with Crippen LogP contribution in [0.3, 0.4) is 0 Å². The normalized spacial score (nSPS) is 33.2. The molecule has 1 saturated heterocycles. The van der Waals surface area contributed by atoms with Crippen LogP contribution in [-0.4, -0.2) is 33.2 Å². The van der Waals surface area contributed by atoms with E-state index < -0.39 is 10.0 Å². The summed E-state index contributed by atoms with van der Waals surface area (Å²) in [6, 6.07) is 5.42. The van der Waals surface area contributed by atoms with Crippen molar-refractivity contribution < 1.29 is 8.42 Å².